The Bertz CT molecular complexity index is 836. The number of rotatable bonds is 3. The lowest BCUT2D eigenvalue weighted by molar-refractivity contribution is 0.0724. The first-order valence-electron chi connectivity index (χ1n) is 9.11. The molecule has 1 aromatic carbocycles. The predicted molar refractivity (Wildman–Crippen MR) is 100 cm³/mol. The van der Waals surface area contributed by atoms with Crippen LogP contribution in [0.1, 0.15) is 53.2 Å². The SMILES string of the molecule is O=C(c1cnc(NC2CCc3ccc(F)cc32)c(Cl)c1)N1CCCCC1. The highest BCUT2D eigenvalue weighted by Crippen LogP contribution is 2.35. The molecule has 0 saturated carbocycles. The number of halogens is 2. The van der Waals surface area contributed by atoms with Crippen molar-refractivity contribution in [1.29, 1.82) is 0 Å². The van der Waals surface area contributed by atoms with Crippen molar-refractivity contribution < 1.29 is 9.18 Å². The molecular formula is C20H21ClFN3O. The van der Waals surface area contributed by atoms with Gasteiger partial charge in [0, 0.05) is 19.3 Å². The molecule has 1 aliphatic heterocycles. The highest BCUT2D eigenvalue weighted by Gasteiger charge is 2.25. The Morgan fingerprint density at radius 3 is 2.81 bits per heavy atom. The zero-order valence-corrected chi connectivity index (χ0v) is 15.2. The molecule has 1 aliphatic carbocycles. The summed E-state index contributed by atoms with van der Waals surface area (Å²) in [6.45, 7) is 1.59. The number of nitrogens with one attached hydrogen (secondary N) is 1. The molecule has 1 N–H and O–H groups in total. The fourth-order valence-corrected chi connectivity index (χ4v) is 4.05. The van der Waals surface area contributed by atoms with Gasteiger partial charge >= 0.3 is 0 Å². The summed E-state index contributed by atoms with van der Waals surface area (Å²) in [5.41, 5.74) is 2.62. The van der Waals surface area contributed by atoms with Crippen molar-refractivity contribution in [3.05, 3.63) is 58.0 Å². The number of fused-ring (bicyclic) bond motifs is 1. The zero-order valence-electron chi connectivity index (χ0n) is 14.5. The van der Waals surface area contributed by atoms with Gasteiger partial charge in [-0.3, -0.25) is 4.79 Å². The Balaban J connectivity index is 1.51. The van der Waals surface area contributed by atoms with Crippen molar-refractivity contribution in [2.45, 2.75) is 38.1 Å². The van der Waals surface area contributed by atoms with Gasteiger partial charge < -0.3 is 10.2 Å². The van der Waals surface area contributed by atoms with Gasteiger partial charge in [-0.05, 0) is 61.4 Å². The van der Waals surface area contributed by atoms with Crippen LogP contribution >= 0.6 is 11.6 Å². The van der Waals surface area contributed by atoms with E-state index in [1.54, 1.807) is 18.3 Å². The highest BCUT2D eigenvalue weighted by atomic mass is 35.5. The molecule has 0 radical (unpaired) electrons. The Hall–Kier alpha value is -2.14. The molecule has 1 fully saturated rings. The van der Waals surface area contributed by atoms with Crippen molar-refractivity contribution in [3.63, 3.8) is 0 Å². The predicted octanol–water partition coefficient (Wildman–Crippen LogP) is 4.60. The third kappa shape index (κ3) is 3.40. The standard InChI is InChI=1S/C20H21ClFN3O/c21-17-10-14(20(26)25-8-2-1-3-9-25)12-23-19(17)24-18-7-5-13-4-6-15(22)11-16(13)18/h4,6,10-12,18H,1-3,5,7-9H2,(H,23,24). The van der Waals surface area contributed by atoms with Crippen LogP contribution in [0.4, 0.5) is 10.2 Å². The molecule has 2 heterocycles. The van der Waals surface area contributed by atoms with Crippen LogP contribution in [0, 0.1) is 5.82 Å². The number of hydrogen-bond donors (Lipinski definition) is 1. The summed E-state index contributed by atoms with van der Waals surface area (Å²) >= 11 is 6.38. The monoisotopic (exact) mass is 373 g/mol. The lowest BCUT2D eigenvalue weighted by Crippen LogP contribution is -2.35. The average Bonchev–Trinajstić information content (AvgIpc) is 3.05. The number of piperidine rings is 1. The van der Waals surface area contributed by atoms with E-state index in [0.29, 0.717) is 16.4 Å². The first kappa shape index (κ1) is 17.3. The molecule has 1 atom stereocenters. The summed E-state index contributed by atoms with van der Waals surface area (Å²) in [5.74, 6) is 0.280. The molecular weight excluding hydrogens is 353 g/mol. The number of anilines is 1. The summed E-state index contributed by atoms with van der Waals surface area (Å²) in [6, 6.07) is 6.56. The number of likely N-dealkylation sites (tertiary alicyclic amines) is 1. The second kappa shape index (κ2) is 7.23. The van der Waals surface area contributed by atoms with Crippen LogP contribution in [-0.4, -0.2) is 28.9 Å². The van der Waals surface area contributed by atoms with E-state index in [0.717, 1.165) is 49.9 Å². The molecule has 2 aliphatic rings. The molecule has 6 heteroatoms. The molecule has 4 nitrogen and oxygen atoms in total. The molecule has 0 bridgehead atoms. The minimum Gasteiger partial charge on any atom is -0.362 e. The van der Waals surface area contributed by atoms with Gasteiger partial charge in [-0.15, -0.1) is 0 Å². The van der Waals surface area contributed by atoms with E-state index >= 15 is 0 Å². The fourth-order valence-electron chi connectivity index (χ4n) is 3.83. The van der Waals surface area contributed by atoms with Crippen molar-refractivity contribution in [3.8, 4) is 0 Å². The molecule has 1 aromatic heterocycles. The lowest BCUT2D eigenvalue weighted by Gasteiger charge is -2.26. The van der Waals surface area contributed by atoms with Crippen LogP contribution in [0.5, 0.6) is 0 Å². The fraction of sp³-hybridized carbons (Fsp3) is 0.400. The van der Waals surface area contributed by atoms with Crippen LogP contribution in [0.25, 0.3) is 0 Å². The van der Waals surface area contributed by atoms with E-state index < -0.39 is 0 Å². The summed E-state index contributed by atoms with van der Waals surface area (Å²) in [5, 5.41) is 3.72. The van der Waals surface area contributed by atoms with Gasteiger partial charge in [-0.2, -0.15) is 0 Å². The van der Waals surface area contributed by atoms with Gasteiger partial charge in [0.15, 0.2) is 0 Å². The number of aromatic nitrogens is 1. The van der Waals surface area contributed by atoms with Gasteiger partial charge in [0.1, 0.15) is 11.6 Å². The van der Waals surface area contributed by atoms with Gasteiger partial charge in [0.25, 0.3) is 5.91 Å². The normalized spacial score (nSPS) is 19.3. The summed E-state index contributed by atoms with van der Waals surface area (Å²) in [6.07, 6.45) is 6.61. The van der Waals surface area contributed by atoms with Gasteiger partial charge in [-0.25, -0.2) is 9.37 Å². The van der Waals surface area contributed by atoms with Crippen LogP contribution in [0.2, 0.25) is 5.02 Å². The van der Waals surface area contributed by atoms with E-state index in [4.69, 9.17) is 11.6 Å². The third-order valence-corrected chi connectivity index (χ3v) is 5.52. The highest BCUT2D eigenvalue weighted by molar-refractivity contribution is 6.33. The molecule has 1 amide bonds. The third-order valence-electron chi connectivity index (χ3n) is 5.23. The Morgan fingerprint density at radius 2 is 2.04 bits per heavy atom. The number of amides is 1. The van der Waals surface area contributed by atoms with E-state index in [1.165, 1.54) is 12.5 Å². The molecule has 2 aromatic rings. The number of pyridine rings is 1. The van der Waals surface area contributed by atoms with E-state index in [9.17, 15) is 9.18 Å². The maximum absolute atomic E-state index is 13.6. The van der Waals surface area contributed by atoms with E-state index in [1.807, 2.05) is 11.0 Å². The first-order valence-corrected chi connectivity index (χ1v) is 9.49. The van der Waals surface area contributed by atoms with Crippen LogP contribution in [0.15, 0.2) is 30.5 Å². The summed E-state index contributed by atoms with van der Waals surface area (Å²) in [4.78, 5) is 18.8. The molecule has 26 heavy (non-hydrogen) atoms. The first-order chi connectivity index (χ1) is 12.6. The quantitative estimate of drug-likeness (QED) is 0.855. The topological polar surface area (TPSA) is 45.2 Å². The maximum atomic E-state index is 13.6. The molecule has 0 spiro atoms. The zero-order chi connectivity index (χ0) is 18.1. The Labute approximate surface area is 157 Å². The second-order valence-electron chi connectivity index (χ2n) is 6.99. The Morgan fingerprint density at radius 1 is 1.23 bits per heavy atom. The number of hydrogen-bond acceptors (Lipinski definition) is 3. The molecule has 4 rings (SSSR count). The van der Waals surface area contributed by atoms with Gasteiger partial charge in [-0.1, -0.05) is 17.7 Å². The Kier molecular flexibility index (Phi) is 4.81. The minimum absolute atomic E-state index is 0.0149. The van der Waals surface area contributed by atoms with Crippen LogP contribution in [0.3, 0.4) is 0 Å². The van der Waals surface area contributed by atoms with Crippen molar-refractivity contribution in [1.82, 2.24) is 9.88 Å². The number of carbonyl (C=O) groups excluding carboxylic acids is 1. The number of aryl methyl sites for hydroxylation is 1. The summed E-state index contributed by atoms with van der Waals surface area (Å²) in [7, 11) is 0. The number of carbonyl (C=O) groups is 1. The van der Waals surface area contributed by atoms with Crippen LogP contribution < -0.4 is 5.32 Å². The van der Waals surface area contributed by atoms with E-state index in [2.05, 4.69) is 10.3 Å². The molecule has 136 valence electrons. The number of benzene rings is 1. The van der Waals surface area contributed by atoms with Gasteiger partial charge in [0.05, 0.1) is 16.6 Å². The lowest BCUT2D eigenvalue weighted by atomic mass is 10.1. The summed E-state index contributed by atoms with van der Waals surface area (Å²) < 4.78 is 13.6. The smallest absolute Gasteiger partial charge is 0.255 e. The minimum atomic E-state index is -0.237. The van der Waals surface area contributed by atoms with Crippen molar-refractivity contribution in [2.75, 3.05) is 18.4 Å². The average molecular weight is 374 g/mol. The van der Waals surface area contributed by atoms with Crippen LogP contribution in [-0.2, 0) is 6.42 Å². The van der Waals surface area contributed by atoms with Crippen molar-refractivity contribution in [2.24, 2.45) is 0 Å². The second-order valence-corrected chi connectivity index (χ2v) is 7.39. The number of nitrogens with zero attached hydrogens (tertiary/aromatic N) is 2. The largest absolute Gasteiger partial charge is 0.362 e. The van der Waals surface area contributed by atoms with Gasteiger partial charge in [0.2, 0.25) is 0 Å². The van der Waals surface area contributed by atoms with E-state index in [-0.39, 0.29) is 17.8 Å². The molecule has 1 saturated heterocycles. The maximum Gasteiger partial charge on any atom is 0.255 e. The van der Waals surface area contributed by atoms with Crippen molar-refractivity contribution >= 4 is 23.3 Å². The molecule has 1 unspecified atom stereocenters.